The molecule has 3 aromatic carbocycles. The molecule has 1 atom stereocenters. The molecule has 1 unspecified atom stereocenters. The van der Waals surface area contributed by atoms with Crippen LogP contribution in [0.25, 0.3) is 16.8 Å². The van der Waals surface area contributed by atoms with E-state index >= 15 is 0 Å². The van der Waals surface area contributed by atoms with Crippen LogP contribution in [-0.2, 0) is 20.8 Å². The van der Waals surface area contributed by atoms with E-state index in [0.717, 1.165) is 0 Å². The largest absolute Gasteiger partial charge is 0.507 e. The van der Waals surface area contributed by atoms with Crippen LogP contribution >= 0.6 is 11.6 Å². The number of anilines is 2. The second kappa shape index (κ2) is 8.00. The minimum absolute atomic E-state index is 0.185. The summed E-state index contributed by atoms with van der Waals surface area (Å²) in [5.74, 6) is -2.99. The van der Waals surface area contributed by atoms with Crippen molar-refractivity contribution in [2.75, 3.05) is 10.2 Å². The van der Waals surface area contributed by atoms with Gasteiger partial charge in [0.05, 0.1) is 33.7 Å². The Labute approximate surface area is 209 Å². The summed E-state index contributed by atoms with van der Waals surface area (Å²) >= 11 is 5.99. The zero-order valence-corrected chi connectivity index (χ0v) is 19.4. The van der Waals surface area contributed by atoms with Gasteiger partial charge in [0.2, 0.25) is 0 Å². The average molecular weight is 497 g/mol. The number of Topliss-reactive ketones (excluding diaryl/α,β-unsaturated/α-hetero) is 1. The van der Waals surface area contributed by atoms with Gasteiger partial charge in [-0.3, -0.25) is 24.3 Å². The highest BCUT2D eigenvalue weighted by Crippen LogP contribution is 2.48. The molecular formula is C27H17ClN4O4. The number of nitrogens with zero attached hydrogens (tertiary/aromatic N) is 3. The number of para-hydroxylation sites is 4. The van der Waals surface area contributed by atoms with Gasteiger partial charge in [0, 0.05) is 23.2 Å². The van der Waals surface area contributed by atoms with Crippen molar-refractivity contribution < 1.29 is 19.5 Å². The summed E-state index contributed by atoms with van der Waals surface area (Å²) in [7, 11) is 0. The van der Waals surface area contributed by atoms with E-state index in [4.69, 9.17) is 11.6 Å². The highest BCUT2D eigenvalue weighted by molar-refractivity contribution is 6.55. The summed E-state index contributed by atoms with van der Waals surface area (Å²) in [6, 6.07) is 20.1. The number of carbonyl (C=O) groups is 3. The van der Waals surface area contributed by atoms with Crippen LogP contribution in [0.3, 0.4) is 0 Å². The van der Waals surface area contributed by atoms with Crippen molar-refractivity contribution in [1.82, 2.24) is 9.97 Å². The van der Waals surface area contributed by atoms with E-state index < -0.39 is 28.9 Å². The Kier molecular flexibility index (Phi) is 4.87. The van der Waals surface area contributed by atoms with Crippen LogP contribution in [-0.4, -0.2) is 38.2 Å². The molecule has 1 fully saturated rings. The second-order valence-corrected chi connectivity index (χ2v) is 9.00. The third kappa shape index (κ3) is 3.11. The molecule has 9 heteroatoms. The van der Waals surface area contributed by atoms with Gasteiger partial charge in [-0.15, -0.1) is 0 Å². The maximum Gasteiger partial charge on any atom is 0.300 e. The summed E-state index contributed by atoms with van der Waals surface area (Å²) in [5.41, 5.74) is 0.398. The van der Waals surface area contributed by atoms with Crippen molar-refractivity contribution >= 4 is 57.4 Å². The van der Waals surface area contributed by atoms with E-state index in [1.54, 1.807) is 48.5 Å². The van der Waals surface area contributed by atoms with Crippen LogP contribution in [0.5, 0.6) is 0 Å². The molecule has 0 radical (unpaired) electrons. The number of carbonyl (C=O) groups excluding carboxylic acids is 3. The van der Waals surface area contributed by atoms with Gasteiger partial charge in [0.15, 0.2) is 5.54 Å². The molecule has 2 aliphatic heterocycles. The number of hydrogen-bond acceptors (Lipinski definition) is 6. The van der Waals surface area contributed by atoms with Crippen LogP contribution in [0, 0.1) is 0 Å². The molecule has 1 saturated heterocycles. The first-order valence-electron chi connectivity index (χ1n) is 11.1. The number of nitrogens with one attached hydrogen (secondary N) is 1. The van der Waals surface area contributed by atoms with Gasteiger partial charge in [0.25, 0.3) is 11.7 Å². The molecule has 8 nitrogen and oxygen atoms in total. The van der Waals surface area contributed by atoms with Gasteiger partial charge < -0.3 is 10.4 Å². The smallest absolute Gasteiger partial charge is 0.300 e. The first-order chi connectivity index (χ1) is 17.4. The van der Waals surface area contributed by atoms with Crippen molar-refractivity contribution in [2.45, 2.75) is 12.0 Å². The molecule has 6 rings (SSSR count). The molecule has 0 bridgehead atoms. The maximum absolute atomic E-state index is 13.8. The van der Waals surface area contributed by atoms with Crippen LogP contribution in [0.4, 0.5) is 11.4 Å². The summed E-state index contributed by atoms with van der Waals surface area (Å²) in [6.45, 7) is 0. The number of benzene rings is 3. The number of hydrogen-bond donors (Lipinski definition) is 2. The standard InChI is InChI=1S/C27H17ClN4O4/c28-16-11-9-15(10-12-16)23(33)22-24(34)25(35)32-21-8-4-3-7-20(21)31-26(36)27(22,32)13-17-14-29-18-5-1-2-6-19(18)30-17/h1-12,14,33H,13H2,(H,31,36)/b23-22-. The van der Waals surface area contributed by atoms with Crippen LogP contribution in [0.2, 0.25) is 5.02 Å². The van der Waals surface area contributed by atoms with Gasteiger partial charge in [-0.25, -0.2) is 4.98 Å². The summed E-state index contributed by atoms with van der Waals surface area (Å²) in [6.07, 6.45) is 1.32. The van der Waals surface area contributed by atoms with Crippen molar-refractivity contribution in [3.8, 4) is 0 Å². The van der Waals surface area contributed by atoms with Gasteiger partial charge in [-0.05, 0) is 48.5 Å². The Bertz CT molecular complexity index is 1630. The van der Waals surface area contributed by atoms with Gasteiger partial charge in [-0.2, -0.15) is 0 Å². The Hall–Kier alpha value is -4.56. The van der Waals surface area contributed by atoms with E-state index in [0.29, 0.717) is 33.1 Å². The average Bonchev–Trinajstić information content (AvgIpc) is 3.11. The van der Waals surface area contributed by atoms with Crippen LogP contribution < -0.4 is 10.2 Å². The van der Waals surface area contributed by atoms with Crippen molar-refractivity contribution in [2.24, 2.45) is 0 Å². The molecule has 2 N–H and O–H groups in total. The first kappa shape index (κ1) is 21.9. The minimum Gasteiger partial charge on any atom is -0.507 e. The van der Waals surface area contributed by atoms with Crippen molar-refractivity contribution in [3.05, 3.63) is 101 Å². The molecule has 176 valence electrons. The topological polar surface area (TPSA) is 112 Å². The Morgan fingerprint density at radius 2 is 1.64 bits per heavy atom. The van der Waals surface area contributed by atoms with E-state index in [9.17, 15) is 19.5 Å². The fourth-order valence-corrected chi connectivity index (χ4v) is 4.98. The third-order valence-electron chi connectivity index (χ3n) is 6.48. The number of aliphatic hydroxyl groups excluding tert-OH is 1. The van der Waals surface area contributed by atoms with Gasteiger partial charge in [-0.1, -0.05) is 35.9 Å². The number of aromatic nitrogens is 2. The normalized spacial score (nSPS) is 20.2. The van der Waals surface area contributed by atoms with E-state index in [2.05, 4.69) is 15.3 Å². The van der Waals surface area contributed by atoms with E-state index in [-0.39, 0.29) is 17.6 Å². The number of aliphatic hydroxyl groups is 1. The lowest BCUT2D eigenvalue weighted by atomic mass is 9.80. The lowest BCUT2D eigenvalue weighted by Gasteiger charge is -2.41. The fourth-order valence-electron chi connectivity index (χ4n) is 4.86. The first-order valence-corrected chi connectivity index (χ1v) is 11.5. The molecule has 1 aromatic heterocycles. The van der Waals surface area contributed by atoms with Crippen molar-refractivity contribution in [3.63, 3.8) is 0 Å². The zero-order valence-electron chi connectivity index (χ0n) is 18.6. The van der Waals surface area contributed by atoms with Crippen LogP contribution in [0.1, 0.15) is 11.3 Å². The monoisotopic (exact) mass is 496 g/mol. The highest BCUT2D eigenvalue weighted by Gasteiger charge is 2.64. The number of rotatable bonds is 3. The Morgan fingerprint density at radius 1 is 0.944 bits per heavy atom. The number of ketones is 1. The summed E-state index contributed by atoms with van der Waals surface area (Å²) < 4.78 is 0. The van der Waals surface area contributed by atoms with Crippen molar-refractivity contribution in [1.29, 1.82) is 0 Å². The molecule has 3 heterocycles. The molecule has 2 aliphatic rings. The summed E-state index contributed by atoms with van der Waals surface area (Å²) in [4.78, 5) is 51.0. The highest BCUT2D eigenvalue weighted by atomic mass is 35.5. The predicted octanol–water partition coefficient (Wildman–Crippen LogP) is 4.10. The quantitative estimate of drug-likeness (QED) is 0.251. The second-order valence-electron chi connectivity index (χ2n) is 8.56. The minimum atomic E-state index is -1.89. The predicted molar refractivity (Wildman–Crippen MR) is 135 cm³/mol. The molecule has 2 amide bonds. The molecule has 36 heavy (non-hydrogen) atoms. The maximum atomic E-state index is 13.8. The SMILES string of the molecule is O=C1C(=O)N2c3ccccc3NC(=O)C2(Cc2cnc3ccccc3n2)/C1=C(\O)c1ccc(Cl)cc1. The molecular weight excluding hydrogens is 480 g/mol. The molecule has 0 saturated carbocycles. The number of halogens is 1. The lowest BCUT2D eigenvalue weighted by Crippen LogP contribution is -2.60. The Balaban J connectivity index is 1.62. The third-order valence-corrected chi connectivity index (χ3v) is 6.73. The van der Waals surface area contributed by atoms with Gasteiger partial charge >= 0.3 is 5.91 Å². The molecule has 0 aliphatic carbocycles. The number of amides is 2. The van der Waals surface area contributed by atoms with E-state index in [1.165, 1.54) is 23.2 Å². The lowest BCUT2D eigenvalue weighted by molar-refractivity contribution is -0.132. The Morgan fingerprint density at radius 3 is 2.42 bits per heavy atom. The van der Waals surface area contributed by atoms with Crippen LogP contribution in [0.15, 0.2) is 84.6 Å². The molecule has 0 spiro atoms. The van der Waals surface area contributed by atoms with E-state index in [1.807, 2.05) is 12.1 Å². The fraction of sp³-hybridized carbons (Fsp3) is 0.0741. The zero-order chi connectivity index (χ0) is 25.0. The number of fused-ring (bicyclic) bond motifs is 4. The van der Waals surface area contributed by atoms with Gasteiger partial charge in [0.1, 0.15) is 5.76 Å². The molecule has 4 aromatic rings. The summed E-state index contributed by atoms with van der Waals surface area (Å²) in [5, 5.41) is 14.6.